The highest BCUT2D eigenvalue weighted by molar-refractivity contribution is 6.28. The van der Waals surface area contributed by atoms with Crippen molar-refractivity contribution in [2.75, 3.05) is 6.61 Å². The largest absolute Gasteiger partial charge is 0.871 e. The number of rotatable bonds is 10. The summed E-state index contributed by atoms with van der Waals surface area (Å²) in [6.45, 7) is 8.46. The molecule has 0 amide bonds. The Bertz CT molecular complexity index is 1270. The highest BCUT2D eigenvalue weighted by Crippen LogP contribution is 2.42. The van der Waals surface area contributed by atoms with Gasteiger partial charge in [-0.1, -0.05) is 105 Å². The third-order valence-electron chi connectivity index (χ3n) is 7.08. The van der Waals surface area contributed by atoms with Crippen LogP contribution in [0.1, 0.15) is 66.4 Å². The second-order valence-electron chi connectivity index (χ2n) is 10.1. The molecule has 0 unspecified atom stereocenters. The average molecular weight is 567 g/mol. The zero-order valence-corrected chi connectivity index (χ0v) is 25.2. The van der Waals surface area contributed by atoms with E-state index in [4.69, 9.17) is 4.65 Å². The van der Waals surface area contributed by atoms with Gasteiger partial charge >= 0.3 is 0 Å². The standard InChI is InChI=1S/C22H21BO3.2C6H10N2/c24-23(25)26-18-10-17-22(19-11-4-1-5-12-19,20-13-6-2-7-14-20)21-15-8-3-9-16-21;2*1-3-6-7-4-5(2)8-6/h1-9,11-16H,10,17-18H2;2*4H,3H2,1-2H3,(H,7,8)/q-2;;/p+2. The summed E-state index contributed by atoms with van der Waals surface area (Å²) in [6, 6.07) is 31.0. The molecule has 2 heterocycles. The maximum Gasteiger partial charge on any atom is 0.251 e. The summed E-state index contributed by atoms with van der Waals surface area (Å²) in [7, 11) is -2.23. The minimum absolute atomic E-state index is 0.159. The number of nitrogens with one attached hydrogen (secondary N) is 4. The summed E-state index contributed by atoms with van der Waals surface area (Å²) in [4.78, 5) is 12.5. The van der Waals surface area contributed by atoms with E-state index in [0.29, 0.717) is 6.42 Å². The van der Waals surface area contributed by atoms with E-state index in [1.54, 1.807) is 0 Å². The first-order valence-electron chi connectivity index (χ1n) is 14.6. The summed E-state index contributed by atoms with van der Waals surface area (Å²) >= 11 is 0. The van der Waals surface area contributed by atoms with Crippen LogP contribution in [0.3, 0.4) is 0 Å². The van der Waals surface area contributed by atoms with Gasteiger partial charge in [-0.25, -0.2) is 19.9 Å². The molecular formula is C34H43BN4O3. The smallest absolute Gasteiger partial charge is 0.251 e. The van der Waals surface area contributed by atoms with E-state index in [0.717, 1.165) is 19.3 Å². The van der Waals surface area contributed by atoms with Crippen molar-refractivity contribution in [2.45, 2.75) is 58.8 Å². The Balaban J connectivity index is 0.000000244. The summed E-state index contributed by atoms with van der Waals surface area (Å²) < 4.78 is 4.73. The minimum atomic E-state index is -2.23. The molecule has 0 saturated carbocycles. The molecule has 3 aromatic carbocycles. The molecule has 0 bridgehead atoms. The van der Waals surface area contributed by atoms with Crippen molar-refractivity contribution in [1.82, 2.24) is 9.97 Å². The Morgan fingerprint density at radius 3 is 1.31 bits per heavy atom. The molecule has 5 rings (SSSR count). The highest BCUT2D eigenvalue weighted by Gasteiger charge is 2.35. The fraction of sp³-hybridized carbons (Fsp3) is 0.294. The summed E-state index contributed by atoms with van der Waals surface area (Å²) in [6.07, 6.45) is 7.39. The fourth-order valence-electron chi connectivity index (χ4n) is 5.01. The van der Waals surface area contributed by atoms with E-state index in [2.05, 4.69) is 70.2 Å². The van der Waals surface area contributed by atoms with E-state index in [-0.39, 0.29) is 12.0 Å². The van der Waals surface area contributed by atoms with Gasteiger partial charge in [0.05, 0.1) is 7.32 Å². The first-order valence-corrected chi connectivity index (χ1v) is 14.6. The Morgan fingerprint density at radius 1 is 0.667 bits per heavy atom. The summed E-state index contributed by atoms with van der Waals surface area (Å²) in [5.41, 5.74) is 5.56. The molecular weight excluding hydrogens is 523 g/mol. The molecule has 0 fully saturated rings. The quantitative estimate of drug-likeness (QED) is 0.152. The second-order valence-corrected chi connectivity index (χ2v) is 10.1. The van der Waals surface area contributed by atoms with Gasteiger partial charge in [0.15, 0.2) is 0 Å². The van der Waals surface area contributed by atoms with Gasteiger partial charge in [-0.2, -0.15) is 0 Å². The summed E-state index contributed by atoms with van der Waals surface area (Å²) in [5.74, 6) is 2.39. The van der Waals surface area contributed by atoms with Gasteiger partial charge in [-0.15, -0.1) is 0 Å². The lowest BCUT2D eigenvalue weighted by atomic mass is 9.67. The van der Waals surface area contributed by atoms with Crippen LogP contribution in [0.5, 0.6) is 0 Å². The average Bonchev–Trinajstić information content (AvgIpc) is 3.66. The molecule has 0 spiro atoms. The molecule has 5 aromatic rings. The van der Waals surface area contributed by atoms with Crippen LogP contribution in [0.15, 0.2) is 103 Å². The van der Waals surface area contributed by atoms with Crippen molar-refractivity contribution in [3.8, 4) is 0 Å². The highest BCUT2D eigenvalue weighted by atomic mass is 16.6. The van der Waals surface area contributed by atoms with Crippen LogP contribution in [0.4, 0.5) is 0 Å². The van der Waals surface area contributed by atoms with Crippen molar-refractivity contribution >= 4 is 7.32 Å². The Kier molecular flexibility index (Phi) is 13.2. The van der Waals surface area contributed by atoms with Crippen molar-refractivity contribution in [2.24, 2.45) is 0 Å². The van der Waals surface area contributed by atoms with Crippen LogP contribution in [0.25, 0.3) is 0 Å². The van der Waals surface area contributed by atoms with E-state index in [1.807, 2.05) is 80.8 Å². The van der Waals surface area contributed by atoms with Crippen LogP contribution in [-0.4, -0.2) is 23.9 Å². The van der Waals surface area contributed by atoms with Crippen LogP contribution < -0.4 is 20.0 Å². The number of H-pyrrole nitrogens is 4. The molecule has 42 heavy (non-hydrogen) atoms. The van der Waals surface area contributed by atoms with Crippen molar-refractivity contribution in [3.63, 3.8) is 0 Å². The Hall–Kier alpha value is -3.98. The predicted molar refractivity (Wildman–Crippen MR) is 163 cm³/mol. The van der Waals surface area contributed by atoms with E-state index in [1.165, 1.54) is 39.7 Å². The van der Waals surface area contributed by atoms with Crippen molar-refractivity contribution in [3.05, 3.63) is 143 Å². The molecule has 220 valence electrons. The molecule has 0 saturated heterocycles. The zero-order chi connectivity index (χ0) is 30.2. The number of aromatic amines is 4. The van der Waals surface area contributed by atoms with Crippen molar-refractivity contribution < 1.29 is 24.7 Å². The van der Waals surface area contributed by atoms with E-state index < -0.39 is 7.32 Å². The third-order valence-corrected chi connectivity index (χ3v) is 7.08. The normalized spacial score (nSPS) is 10.7. The third kappa shape index (κ3) is 9.55. The number of hydrogen-bond donors (Lipinski definition) is 2. The Labute approximate surface area is 250 Å². The first kappa shape index (κ1) is 32.5. The molecule has 0 aliphatic carbocycles. The van der Waals surface area contributed by atoms with Gasteiger partial charge in [0.25, 0.3) is 11.6 Å². The molecule has 8 heteroatoms. The van der Waals surface area contributed by atoms with Gasteiger partial charge in [0.1, 0.15) is 23.8 Å². The maximum atomic E-state index is 10.7. The molecule has 2 aromatic heterocycles. The van der Waals surface area contributed by atoms with Crippen LogP contribution in [0.2, 0.25) is 0 Å². The summed E-state index contributed by atoms with van der Waals surface area (Å²) in [5, 5.41) is 21.4. The molecule has 0 atom stereocenters. The van der Waals surface area contributed by atoms with E-state index in [9.17, 15) is 10.0 Å². The Morgan fingerprint density at radius 2 is 1.05 bits per heavy atom. The SMILES string of the molecule is CCc1[nH]c(C)c[nH+]1.CCc1[nH]c(C)c[nH+]1.[O-]B([O-])OCCCC(c1ccccc1)(c1ccccc1)c1ccccc1. The number of aromatic nitrogens is 4. The van der Waals surface area contributed by atoms with Gasteiger partial charge in [0.2, 0.25) is 0 Å². The maximum absolute atomic E-state index is 10.7. The second kappa shape index (κ2) is 17.1. The van der Waals surface area contributed by atoms with Gasteiger partial charge in [-0.05, 0) is 29.5 Å². The molecule has 4 N–H and O–H groups in total. The lowest BCUT2D eigenvalue weighted by molar-refractivity contribution is -0.388. The van der Waals surface area contributed by atoms with Gasteiger partial charge < -0.3 is 14.7 Å². The number of hydrogen-bond acceptors (Lipinski definition) is 3. The van der Waals surface area contributed by atoms with Crippen LogP contribution in [-0.2, 0) is 22.9 Å². The number of aryl methyl sites for hydroxylation is 4. The monoisotopic (exact) mass is 566 g/mol. The number of imidazole rings is 2. The zero-order valence-electron chi connectivity index (χ0n) is 25.2. The fourth-order valence-corrected chi connectivity index (χ4v) is 5.01. The minimum Gasteiger partial charge on any atom is -0.871 e. The predicted octanol–water partition coefficient (Wildman–Crippen LogP) is 3.92. The number of benzene rings is 3. The lowest BCUT2D eigenvalue weighted by Gasteiger charge is -2.37. The lowest BCUT2D eigenvalue weighted by Crippen LogP contribution is -2.48. The van der Waals surface area contributed by atoms with Gasteiger partial charge in [0, 0.05) is 38.7 Å². The van der Waals surface area contributed by atoms with Gasteiger partial charge in [-0.3, -0.25) is 0 Å². The topological polar surface area (TPSA) is 115 Å². The molecule has 0 aliphatic rings. The van der Waals surface area contributed by atoms with E-state index >= 15 is 0 Å². The first-order chi connectivity index (χ1) is 20.4. The van der Waals surface area contributed by atoms with Crippen LogP contribution >= 0.6 is 0 Å². The van der Waals surface area contributed by atoms with Crippen molar-refractivity contribution in [1.29, 1.82) is 0 Å². The molecule has 0 aliphatic heterocycles. The molecule has 0 radical (unpaired) electrons. The van der Waals surface area contributed by atoms with Crippen LogP contribution in [0, 0.1) is 13.8 Å². The molecule has 7 nitrogen and oxygen atoms in total.